The lowest BCUT2D eigenvalue weighted by Crippen LogP contribution is -2.32. The van der Waals surface area contributed by atoms with Crippen molar-refractivity contribution >= 4 is 15.9 Å². The number of sulfonamides is 1. The van der Waals surface area contributed by atoms with Crippen LogP contribution in [0.5, 0.6) is 0 Å². The minimum atomic E-state index is -3.44. The lowest BCUT2D eigenvalue weighted by molar-refractivity contribution is -0.122. The van der Waals surface area contributed by atoms with E-state index in [0.29, 0.717) is 18.8 Å². The van der Waals surface area contributed by atoms with Gasteiger partial charge in [-0.25, -0.2) is 22.8 Å². The minimum Gasteiger partial charge on any atom is -0.346 e. The highest BCUT2D eigenvalue weighted by Gasteiger charge is 2.36. The predicted octanol–water partition coefficient (Wildman–Crippen LogP) is 1.41. The molecular formula is C18H25N5O3S. The molecule has 1 saturated carbocycles. The maximum Gasteiger partial charge on any atom is 0.240 e. The van der Waals surface area contributed by atoms with Crippen LogP contribution < -0.4 is 10.0 Å². The molecule has 1 aromatic heterocycles. The Morgan fingerprint density at radius 1 is 1.30 bits per heavy atom. The largest absolute Gasteiger partial charge is 0.346 e. The van der Waals surface area contributed by atoms with Crippen LogP contribution in [0.2, 0.25) is 0 Å². The van der Waals surface area contributed by atoms with Gasteiger partial charge >= 0.3 is 0 Å². The molecule has 2 aromatic rings. The normalized spacial score (nSPS) is 15.5. The van der Waals surface area contributed by atoms with E-state index in [1.165, 1.54) is 13.4 Å². The lowest BCUT2D eigenvalue weighted by Gasteiger charge is -2.18. The summed E-state index contributed by atoms with van der Waals surface area (Å²) in [4.78, 5) is 17.0. The molecule has 1 aliphatic rings. The van der Waals surface area contributed by atoms with Crippen LogP contribution >= 0.6 is 0 Å². The molecular weight excluding hydrogens is 366 g/mol. The molecule has 0 unspecified atom stereocenters. The first kappa shape index (κ1) is 19.5. The first-order chi connectivity index (χ1) is 12.9. The van der Waals surface area contributed by atoms with Crippen molar-refractivity contribution in [3.8, 4) is 0 Å². The topological polar surface area (TPSA) is 106 Å². The van der Waals surface area contributed by atoms with Crippen molar-refractivity contribution < 1.29 is 13.2 Å². The number of aryl methyl sites for hydroxylation is 2. The summed E-state index contributed by atoms with van der Waals surface area (Å²) < 4.78 is 27.6. The molecule has 1 aliphatic carbocycles. The van der Waals surface area contributed by atoms with Crippen molar-refractivity contribution in [1.29, 1.82) is 0 Å². The average molecular weight is 391 g/mol. The lowest BCUT2D eigenvalue weighted by atomic mass is 10.1. The van der Waals surface area contributed by atoms with Gasteiger partial charge in [0.15, 0.2) is 0 Å². The Balaban J connectivity index is 1.59. The number of amides is 1. The van der Waals surface area contributed by atoms with Crippen LogP contribution in [0, 0.1) is 5.92 Å². The molecule has 2 N–H and O–H groups in total. The summed E-state index contributed by atoms with van der Waals surface area (Å²) in [6.45, 7) is 2.72. The maximum atomic E-state index is 12.5. The highest BCUT2D eigenvalue weighted by molar-refractivity contribution is 7.89. The molecule has 0 bridgehead atoms. The highest BCUT2D eigenvalue weighted by atomic mass is 32.2. The van der Waals surface area contributed by atoms with Gasteiger partial charge in [-0.05, 0) is 56.8 Å². The number of carbonyl (C=O) groups excluding carboxylic acids is 1. The quantitative estimate of drug-likeness (QED) is 0.672. The van der Waals surface area contributed by atoms with E-state index in [4.69, 9.17) is 0 Å². The monoisotopic (exact) mass is 391 g/mol. The van der Waals surface area contributed by atoms with E-state index in [2.05, 4.69) is 20.1 Å². The van der Waals surface area contributed by atoms with Crippen LogP contribution in [0.3, 0.4) is 0 Å². The first-order valence-corrected chi connectivity index (χ1v) is 10.6. The Bertz CT molecular complexity index is 888. The minimum absolute atomic E-state index is 0.0375. The van der Waals surface area contributed by atoms with E-state index in [1.807, 2.05) is 11.6 Å². The molecule has 3 rings (SSSR count). The third-order valence-corrected chi connectivity index (χ3v) is 6.21. The second kappa shape index (κ2) is 8.18. The molecule has 0 radical (unpaired) electrons. The standard InChI is InChI=1S/C18H25N5O3S/c1-3-23-18(20-12-21-23)17(14-7-8-14)22-16(24)11-6-13-4-9-15(10-5-13)27(25,26)19-2/h4-5,9-10,12,14,17,19H,3,6-8,11H2,1-2H3,(H,22,24)/t17-/m1/s1. The van der Waals surface area contributed by atoms with E-state index in [1.54, 1.807) is 24.3 Å². The summed E-state index contributed by atoms with van der Waals surface area (Å²) in [5.74, 6) is 1.20. The van der Waals surface area contributed by atoms with Crippen molar-refractivity contribution in [2.75, 3.05) is 7.05 Å². The molecule has 1 amide bonds. The second-order valence-corrected chi connectivity index (χ2v) is 8.55. The molecule has 1 heterocycles. The maximum absolute atomic E-state index is 12.5. The number of hydrogen-bond donors (Lipinski definition) is 2. The van der Waals surface area contributed by atoms with Gasteiger partial charge in [0, 0.05) is 13.0 Å². The molecule has 8 nitrogen and oxygen atoms in total. The van der Waals surface area contributed by atoms with Gasteiger partial charge < -0.3 is 5.32 Å². The van der Waals surface area contributed by atoms with E-state index in [-0.39, 0.29) is 16.8 Å². The number of carbonyl (C=O) groups is 1. The summed E-state index contributed by atoms with van der Waals surface area (Å²) in [5.41, 5.74) is 0.917. The van der Waals surface area contributed by atoms with Gasteiger partial charge in [-0.3, -0.25) is 4.79 Å². The van der Waals surface area contributed by atoms with Gasteiger partial charge in [-0.15, -0.1) is 0 Å². The third kappa shape index (κ3) is 4.72. The van der Waals surface area contributed by atoms with Gasteiger partial charge in [-0.2, -0.15) is 5.10 Å². The van der Waals surface area contributed by atoms with Gasteiger partial charge in [0.05, 0.1) is 10.9 Å². The van der Waals surface area contributed by atoms with Gasteiger partial charge in [0.25, 0.3) is 0 Å². The molecule has 0 spiro atoms. The Labute approximate surface area is 159 Å². The summed E-state index contributed by atoms with van der Waals surface area (Å²) >= 11 is 0. The van der Waals surface area contributed by atoms with Gasteiger partial charge in [0.2, 0.25) is 15.9 Å². The Hall–Kier alpha value is -2.26. The third-order valence-electron chi connectivity index (χ3n) is 4.78. The number of hydrogen-bond acceptors (Lipinski definition) is 5. The van der Waals surface area contributed by atoms with Crippen molar-refractivity contribution in [2.24, 2.45) is 5.92 Å². The number of nitrogens with zero attached hydrogens (tertiary/aromatic N) is 3. The Morgan fingerprint density at radius 2 is 2.00 bits per heavy atom. The molecule has 27 heavy (non-hydrogen) atoms. The summed E-state index contributed by atoms with van der Waals surface area (Å²) in [5, 5.41) is 7.30. The van der Waals surface area contributed by atoms with E-state index >= 15 is 0 Å². The number of rotatable bonds is 9. The van der Waals surface area contributed by atoms with Crippen molar-refractivity contribution in [3.63, 3.8) is 0 Å². The van der Waals surface area contributed by atoms with Crippen LogP contribution in [0.15, 0.2) is 35.5 Å². The zero-order chi connectivity index (χ0) is 19.4. The van der Waals surface area contributed by atoms with Crippen LogP contribution in [-0.4, -0.2) is 36.1 Å². The number of benzene rings is 1. The van der Waals surface area contributed by atoms with Gasteiger partial charge in [-0.1, -0.05) is 12.1 Å². The summed E-state index contributed by atoms with van der Waals surface area (Å²) in [7, 11) is -2.06. The van der Waals surface area contributed by atoms with Crippen LogP contribution in [0.1, 0.15) is 43.6 Å². The molecule has 1 atom stereocenters. The molecule has 1 aromatic carbocycles. The molecule has 0 saturated heterocycles. The van der Waals surface area contributed by atoms with Crippen LogP contribution in [-0.2, 0) is 27.8 Å². The summed E-state index contributed by atoms with van der Waals surface area (Å²) in [6, 6.07) is 6.49. The van der Waals surface area contributed by atoms with Crippen LogP contribution in [0.25, 0.3) is 0 Å². The fraction of sp³-hybridized carbons (Fsp3) is 0.500. The van der Waals surface area contributed by atoms with E-state index in [9.17, 15) is 13.2 Å². The summed E-state index contributed by atoms with van der Waals surface area (Å²) in [6.07, 6.45) is 4.58. The second-order valence-electron chi connectivity index (χ2n) is 6.67. The van der Waals surface area contributed by atoms with Crippen molar-refractivity contribution in [1.82, 2.24) is 24.8 Å². The van der Waals surface area contributed by atoms with Crippen LogP contribution in [0.4, 0.5) is 0 Å². The van der Waals surface area contributed by atoms with E-state index in [0.717, 1.165) is 30.8 Å². The van der Waals surface area contributed by atoms with E-state index < -0.39 is 10.0 Å². The van der Waals surface area contributed by atoms with Crippen molar-refractivity contribution in [3.05, 3.63) is 42.0 Å². The smallest absolute Gasteiger partial charge is 0.240 e. The Morgan fingerprint density at radius 3 is 2.59 bits per heavy atom. The molecule has 146 valence electrons. The fourth-order valence-corrected chi connectivity index (χ4v) is 3.77. The average Bonchev–Trinajstić information content (AvgIpc) is 3.41. The zero-order valence-corrected chi connectivity index (χ0v) is 16.4. The number of nitrogens with one attached hydrogen (secondary N) is 2. The van der Waals surface area contributed by atoms with Crippen molar-refractivity contribution in [2.45, 2.75) is 50.1 Å². The fourth-order valence-electron chi connectivity index (χ4n) is 3.04. The first-order valence-electron chi connectivity index (χ1n) is 9.14. The highest BCUT2D eigenvalue weighted by Crippen LogP contribution is 2.40. The SMILES string of the molecule is CCn1ncnc1[C@H](NC(=O)CCc1ccc(S(=O)(=O)NC)cc1)C1CC1. The molecule has 9 heteroatoms. The zero-order valence-electron chi connectivity index (χ0n) is 15.6. The molecule has 1 fully saturated rings. The van der Waals surface area contributed by atoms with Gasteiger partial charge in [0.1, 0.15) is 12.2 Å². The number of aromatic nitrogens is 3. The Kier molecular flexibility index (Phi) is 5.91. The molecule has 0 aliphatic heterocycles. The predicted molar refractivity (Wildman–Crippen MR) is 100 cm³/mol.